The van der Waals surface area contributed by atoms with Gasteiger partial charge < -0.3 is 15.2 Å². The Bertz CT molecular complexity index is 202. The van der Waals surface area contributed by atoms with Crippen LogP contribution in [-0.2, 0) is 4.74 Å². The molecular weight excluding hydrogens is 214 g/mol. The van der Waals surface area contributed by atoms with Crippen molar-refractivity contribution >= 4 is 0 Å². The monoisotopic (exact) mass is 241 g/mol. The van der Waals surface area contributed by atoms with Crippen molar-refractivity contribution in [3.05, 3.63) is 0 Å². The minimum absolute atomic E-state index is 0.375. The van der Waals surface area contributed by atoms with Gasteiger partial charge in [-0.1, -0.05) is 12.8 Å². The van der Waals surface area contributed by atoms with Crippen LogP contribution >= 0.6 is 0 Å². The van der Waals surface area contributed by atoms with Crippen LogP contribution in [0.3, 0.4) is 0 Å². The Hall–Kier alpha value is -0.120. The second kappa shape index (κ2) is 7.34. The number of hydrogen-bond acceptors (Lipinski definition) is 3. The Morgan fingerprint density at radius 2 is 1.76 bits per heavy atom. The maximum Gasteiger partial charge on any atom is 0.0480 e. The number of ether oxygens (including phenoxy) is 1. The summed E-state index contributed by atoms with van der Waals surface area (Å²) in [5.41, 5.74) is 0. The van der Waals surface area contributed by atoms with Gasteiger partial charge in [-0.3, -0.25) is 0 Å². The molecule has 3 nitrogen and oxygen atoms in total. The fourth-order valence-corrected chi connectivity index (χ4v) is 3.22. The minimum atomic E-state index is 0.375. The molecule has 17 heavy (non-hydrogen) atoms. The zero-order chi connectivity index (χ0) is 11.9. The Kier molecular flexibility index (Phi) is 5.75. The lowest BCUT2D eigenvalue weighted by Crippen LogP contribution is -2.38. The van der Waals surface area contributed by atoms with Crippen LogP contribution in [0.4, 0.5) is 0 Å². The first-order valence-corrected chi connectivity index (χ1v) is 7.32. The first-order chi connectivity index (χ1) is 8.40. The van der Waals surface area contributed by atoms with Crippen molar-refractivity contribution in [1.29, 1.82) is 0 Å². The van der Waals surface area contributed by atoms with Crippen molar-refractivity contribution in [2.24, 2.45) is 11.8 Å². The molecular formula is C14H27NO2. The maximum absolute atomic E-state index is 9.40. The number of aliphatic hydroxyl groups is 1. The van der Waals surface area contributed by atoms with E-state index in [-0.39, 0.29) is 0 Å². The van der Waals surface area contributed by atoms with E-state index >= 15 is 0 Å². The molecule has 3 heteroatoms. The Morgan fingerprint density at radius 3 is 2.59 bits per heavy atom. The first kappa shape index (κ1) is 13.3. The highest BCUT2D eigenvalue weighted by molar-refractivity contribution is 4.79. The van der Waals surface area contributed by atoms with Crippen LogP contribution in [0.25, 0.3) is 0 Å². The molecule has 1 heterocycles. The summed E-state index contributed by atoms with van der Waals surface area (Å²) < 4.78 is 5.48. The summed E-state index contributed by atoms with van der Waals surface area (Å²) in [6.45, 7) is 3.31. The lowest BCUT2D eigenvalue weighted by Gasteiger charge is -2.31. The Labute approximate surface area is 105 Å². The summed E-state index contributed by atoms with van der Waals surface area (Å²) in [5.74, 6) is 1.23. The van der Waals surface area contributed by atoms with Crippen molar-refractivity contribution < 1.29 is 9.84 Å². The molecule has 0 spiro atoms. The molecule has 1 saturated heterocycles. The van der Waals surface area contributed by atoms with Gasteiger partial charge in [0, 0.05) is 25.9 Å². The second-order valence-electron chi connectivity index (χ2n) is 5.64. The molecule has 0 aromatic rings. The molecule has 0 amide bonds. The van der Waals surface area contributed by atoms with Gasteiger partial charge in [0.25, 0.3) is 0 Å². The standard InChI is InChI=1S/C14H27NO2/c16-11-13-5-2-1-4-12(13)10-15-14-6-3-8-17-9-7-14/h12-16H,1-11H2. The molecule has 2 fully saturated rings. The minimum Gasteiger partial charge on any atom is -0.396 e. The van der Waals surface area contributed by atoms with Crippen LogP contribution in [0.5, 0.6) is 0 Å². The lowest BCUT2D eigenvalue weighted by molar-refractivity contribution is 0.128. The summed E-state index contributed by atoms with van der Waals surface area (Å²) in [6.07, 6.45) is 8.74. The smallest absolute Gasteiger partial charge is 0.0480 e. The highest BCUT2D eigenvalue weighted by atomic mass is 16.5. The molecule has 1 saturated carbocycles. The van der Waals surface area contributed by atoms with Crippen LogP contribution in [-0.4, -0.2) is 37.5 Å². The van der Waals surface area contributed by atoms with Gasteiger partial charge in [-0.05, 0) is 50.5 Å². The van der Waals surface area contributed by atoms with Crippen LogP contribution in [0.2, 0.25) is 0 Å². The van der Waals surface area contributed by atoms with Gasteiger partial charge in [0.15, 0.2) is 0 Å². The van der Waals surface area contributed by atoms with E-state index in [1.807, 2.05) is 0 Å². The van der Waals surface area contributed by atoms with Crippen molar-refractivity contribution in [3.63, 3.8) is 0 Å². The molecule has 0 radical (unpaired) electrons. The van der Waals surface area contributed by atoms with Crippen LogP contribution in [0.1, 0.15) is 44.9 Å². The quantitative estimate of drug-likeness (QED) is 0.790. The summed E-state index contributed by atoms with van der Waals surface area (Å²) >= 11 is 0. The lowest BCUT2D eigenvalue weighted by atomic mass is 9.79. The summed E-state index contributed by atoms with van der Waals surface area (Å²) in [5, 5.41) is 13.1. The molecule has 100 valence electrons. The van der Waals surface area contributed by atoms with Gasteiger partial charge in [-0.15, -0.1) is 0 Å². The van der Waals surface area contributed by atoms with Gasteiger partial charge in [0.1, 0.15) is 0 Å². The third-order valence-electron chi connectivity index (χ3n) is 4.42. The van der Waals surface area contributed by atoms with Crippen molar-refractivity contribution in [2.45, 2.75) is 51.0 Å². The molecule has 3 atom stereocenters. The van der Waals surface area contributed by atoms with Crippen molar-refractivity contribution in [3.8, 4) is 0 Å². The van der Waals surface area contributed by atoms with E-state index in [0.717, 1.165) is 26.2 Å². The van der Waals surface area contributed by atoms with E-state index in [1.54, 1.807) is 0 Å². The summed E-state index contributed by atoms with van der Waals surface area (Å²) in [6, 6.07) is 0.638. The number of rotatable bonds is 4. The van der Waals surface area contributed by atoms with Crippen molar-refractivity contribution in [2.75, 3.05) is 26.4 Å². The molecule has 2 rings (SSSR count). The van der Waals surface area contributed by atoms with Gasteiger partial charge in [-0.2, -0.15) is 0 Å². The van der Waals surface area contributed by atoms with E-state index in [0.29, 0.717) is 24.5 Å². The third-order valence-corrected chi connectivity index (χ3v) is 4.42. The first-order valence-electron chi connectivity index (χ1n) is 7.32. The average molecular weight is 241 g/mol. The summed E-state index contributed by atoms with van der Waals surface area (Å²) in [7, 11) is 0. The number of aliphatic hydroxyl groups excluding tert-OH is 1. The zero-order valence-electron chi connectivity index (χ0n) is 10.9. The topological polar surface area (TPSA) is 41.5 Å². The van der Waals surface area contributed by atoms with Gasteiger partial charge in [0.2, 0.25) is 0 Å². The van der Waals surface area contributed by atoms with Crippen LogP contribution in [0.15, 0.2) is 0 Å². The fraction of sp³-hybridized carbons (Fsp3) is 1.00. The molecule has 0 aromatic carbocycles. The average Bonchev–Trinajstić information content (AvgIpc) is 2.65. The normalized spacial score (nSPS) is 35.5. The zero-order valence-corrected chi connectivity index (χ0v) is 10.9. The van der Waals surface area contributed by atoms with E-state index in [1.165, 1.54) is 38.5 Å². The maximum atomic E-state index is 9.40. The molecule has 2 aliphatic rings. The van der Waals surface area contributed by atoms with Gasteiger partial charge >= 0.3 is 0 Å². The summed E-state index contributed by atoms with van der Waals surface area (Å²) in [4.78, 5) is 0. The second-order valence-corrected chi connectivity index (χ2v) is 5.64. The number of nitrogens with one attached hydrogen (secondary N) is 1. The molecule has 1 aliphatic heterocycles. The highest BCUT2D eigenvalue weighted by Gasteiger charge is 2.25. The van der Waals surface area contributed by atoms with Gasteiger partial charge in [0.05, 0.1) is 0 Å². The van der Waals surface area contributed by atoms with Crippen molar-refractivity contribution in [1.82, 2.24) is 5.32 Å². The largest absolute Gasteiger partial charge is 0.396 e. The van der Waals surface area contributed by atoms with E-state index in [4.69, 9.17) is 4.74 Å². The SMILES string of the molecule is OCC1CCCCC1CNC1CCCOCC1. The third kappa shape index (κ3) is 4.23. The Balaban J connectivity index is 1.71. The Morgan fingerprint density at radius 1 is 0.941 bits per heavy atom. The fourth-order valence-electron chi connectivity index (χ4n) is 3.22. The predicted molar refractivity (Wildman–Crippen MR) is 69.0 cm³/mol. The van der Waals surface area contributed by atoms with E-state index in [9.17, 15) is 5.11 Å². The molecule has 3 unspecified atom stereocenters. The molecule has 2 N–H and O–H groups in total. The van der Waals surface area contributed by atoms with Gasteiger partial charge in [-0.25, -0.2) is 0 Å². The highest BCUT2D eigenvalue weighted by Crippen LogP contribution is 2.29. The molecule has 0 bridgehead atoms. The van der Waals surface area contributed by atoms with Crippen LogP contribution in [0, 0.1) is 11.8 Å². The van der Waals surface area contributed by atoms with Crippen LogP contribution < -0.4 is 5.32 Å². The molecule has 1 aliphatic carbocycles. The number of hydrogen-bond donors (Lipinski definition) is 2. The van der Waals surface area contributed by atoms with E-state index < -0.39 is 0 Å². The predicted octanol–water partition coefficient (Wildman–Crippen LogP) is 1.94. The van der Waals surface area contributed by atoms with E-state index in [2.05, 4.69) is 5.32 Å². The molecule has 0 aromatic heterocycles.